The van der Waals surface area contributed by atoms with Gasteiger partial charge in [-0.1, -0.05) is 20.8 Å². The van der Waals surface area contributed by atoms with E-state index in [0.29, 0.717) is 6.08 Å². The van der Waals surface area contributed by atoms with E-state index in [9.17, 15) is 0 Å². The second-order valence-electron chi connectivity index (χ2n) is 1.82. The lowest BCUT2D eigenvalue weighted by molar-refractivity contribution is 0.569. The van der Waals surface area contributed by atoms with Crippen molar-refractivity contribution in [1.29, 1.82) is 0 Å². The molecule has 0 aromatic rings. The topological polar surface area (TPSA) is 39.4 Å². The molecule has 0 unspecified atom stereocenters. The summed E-state index contributed by atoms with van der Waals surface area (Å²) in [4.78, 5) is 8.24. The van der Waals surface area contributed by atoms with E-state index in [4.69, 9.17) is 10.2 Å². The maximum atomic E-state index is 8.24. The van der Waals surface area contributed by atoms with Crippen LogP contribution in [0.1, 0.15) is 20.8 Å². The Balaban J connectivity index is 0. The van der Waals surface area contributed by atoms with Gasteiger partial charge in [0.05, 0.1) is 0 Å². The average Bonchev–Trinajstić information content (AvgIpc) is 1.33. The van der Waals surface area contributed by atoms with E-state index in [1.165, 1.54) is 0 Å². The molecule has 0 saturated carbocycles. The molecular formula is C5H10NO-. The lowest BCUT2D eigenvalue weighted by Gasteiger charge is -1.79. The lowest BCUT2D eigenvalue weighted by atomic mass is 10.3. The van der Waals surface area contributed by atoms with E-state index < -0.39 is 0 Å². The number of isocyanates is 1. The van der Waals surface area contributed by atoms with Gasteiger partial charge in [-0.15, -0.1) is 0 Å². The number of hydrogen-bond acceptors (Lipinski definition) is 1. The van der Waals surface area contributed by atoms with Crippen molar-refractivity contribution in [3.63, 3.8) is 0 Å². The molecule has 0 aliphatic rings. The highest BCUT2D eigenvalue weighted by Gasteiger charge is 1.68. The zero-order valence-electron chi connectivity index (χ0n) is 4.93. The van der Waals surface area contributed by atoms with Gasteiger partial charge in [0.1, 0.15) is 0 Å². The van der Waals surface area contributed by atoms with Gasteiger partial charge in [-0.25, -0.2) is 0 Å². The van der Waals surface area contributed by atoms with Crippen molar-refractivity contribution in [2.24, 2.45) is 5.92 Å². The molecule has 0 heterocycles. The maximum absolute atomic E-state index is 8.24. The zero-order valence-corrected chi connectivity index (χ0v) is 4.93. The van der Waals surface area contributed by atoms with E-state index in [1.807, 2.05) is 0 Å². The minimum atomic E-state index is 0.500. The third kappa shape index (κ3) is 160. The van der Waals surface area contributed by atoms with Gasteiger partial charge in [0.25, 0.3) is 0 Å². The van der Waals surface area contributed by atoms with E-state index in [2.05, 4.69) is 20.8 Å². The number of nitrogens with zero attached hydrogens (tertiary/aromatic N) is 1. The lowest BCUT2D eigenvalue weighted by Crippen LogP contribution is -1.66. The second-order valence-corrected chi connectivity index (χ2v) is 1.82. The summed E-state index contributed by atoms with van der Waals surface area (Å²) in [5.74, 6) is 0.833. The number of rotatable bonds is 0. The van der Waals surface area contributed by atoms with Gasteiger partial charge in [0.2, 0.25) is 0 Å². The van der Waals surface area contributed by atoms with E-state index >= 15 is 0 Å². The smallest absolute Gasteiger partial charge is 0.0159 e. The van der Waals surface area contributed by atoms with Crippen LogP contribution in [0.15, 0.2) is 0 Å². The molecule has 0 atom stereocenters. The average molecular weight is 100 g/mol. The SMILES string of the molecule is CC(C)C.[N-]=C=O. The van der Waals surface area contributed by atoms with Crippen LogP contribution in [0.3, 0.4) is 0 Å². The first kappa shape index (κ1) is 9.63. The molecule has 0 amide bonds. The molecule has 2 heteroatoms. The third-order valence-electron chi connectivity index (χ3n) is 0. The summed E-state index contributed by atoms with van der Waals surface area (Å²) in [5.41, 5.74) is 0. The molecular weight excluding hydrogens is 90.1 g/mol. The van der Waals surface area contributed by atoms with Gasteiger partial charge in [0.15, 0.2) is 0 Å². The van der Waals surface area contributed by atoms with Crippen molar-refractivity contribution in [1.82, 2.24) is 0 Å². The van der Waals surface area contributed by atoms with Gasteiger partial charge in [0, 0.05) is 0 Å². The molecule has 42 valence electrons. The van der Waals surface area contributed by atoms with Crippen LogP contribution in [0.2, 0.25) is 0 Å². The minimum Gasteiger partial charge on any atom is -0.724 e. The zero-order chi connectivity index (χ0) is 6.28. The molecule has 0 spiro atoms. The van der Waals surface area contributed by atoms with Crippen molar-refractivity contribution in [2.45, 2.75) is 20.8 Å². The molecule has 0 aromatic carbocycles. The molecule has 0 aliphatic heterocycles. The molecule has 0 aliphatic carbocycles. The monoisotopic (exact) mass is 100 g/mol. The molecule has 0 radical (unpaired) electrons. The van der Waals surface area contributed by atoms with Gasteiger partial charge in [-0.2, -0.15) is 0 Å². The Morgan fingerprint density at radius 2 is 1.43 bits per heavy atom. The summed E-state index contributed by atoms with van der Waals surface area (Å²) in [7, 11) is 0. The van der Waals surface area contributed by atoms with Crippen molar-refractivity contribution >= 4 is 6.08 Å². The quantitative estimate of drug-likeness (QED) is 0.336. The van der Waals surface area contributed by atoms with Crippen LogP contribution in [0.25, 0.3) is 5.41 Å². The summed E-state index contributed by atoms with van der Waals surface area (Å²) in [5, 5.41) is 6.76. The first-order chi connectivity index (χ1) is 3.15. The van der Waals surface area contributed by atoms with Gasteiger partial charge < -0.3 is 5.41 Å². The summed E-state index contributed by atoms with van der Waals surface area (Å²) in [6.07, 6.45) is 0.500. The summed E-state index contributed by atoms with van der Waals surface area (Å²) >= 11 is 0. The maximum Gasteiger partial charge on any atom is -0.0159 e. The molecule has 0 N–H and O–H groups in total. The first-order valence-corrected chi connectivity index (χ1v) is 2.16. The second kappa shape index (κ2) is 9.03. The fraction of sp³-hybridized carbons (Fsp3) is 0.800. The van der Waals surface area contributed by atoms with Crippen molar-refractivity contribution in [3.05, 3.63) is 5.41 Å². The summed E-state index contributed by atoms with van der Waals surface area (Å²) in [6.45, 7) is 6.50. The van der Waals surface area contributed by atoms with Crippen molar-refractivity contribution < 1.29 is 4.79 Å². The predicted molar refractivity (Wildman–Crippen MR) is 29.6 cm³/mol. The highest BCUT2D eigenvalue weighted by Crippen LogP contribution is 1.81. The van der Waals surface area contributed by atoms with Crippen LogP contribution < -0.4 is 0 Å². The van der Waals surface area contributed by atoms with Crippen molar-refractivity contribution in [3.8, 4) is 0 Å². The fourth-order valence-electron chi connectivity index (χ4n) is 0. The normalized spacial score (nSPS) is 6.29. The fourth-order valence-corrected chi connectivity index (χ4v) is 0. The molecule has 0 aromatic heterocycles. The highest BCUT2D eigenvalue weighted by molar-refractivity contribution is 5.36. The number of hydrogen-bond donors (Lipinski definition) is 0. The first-order valence-electron chi connectivity index (χ1n) is 2.16. The van der Waals surface area contributed by atoms with Crippen LogP contribution in [0.4, 0.5) is 0 Å². The van der Waals surface area contributed by atoms with Crippen LogP contribution in [-0.2, 0) is 4.79 Å². The molecule has 2 nitrogen and oxygen atoms in total. The van der Waals surface area contributed by atoms with Crippen LogP contribution in [-0.4, -0.2) is 6.08 Å². The molecule has 0 bridgehead atoms. The third-order valence-corrected chi connectivity index (χ3v) is 0. The van der Waals surface area contributed by atoms with Crippen LogP contribution >= 0.6 is 0 Å². The molecule has 0 fully saturated rings. The van der Waals surface area contributed by atoms with Gasteiger partial charge >= 0.3 is 0 Å². The highest BCUT2D eigenvalue weighted by atomic mass is 16.1. The molecule has 7 heavy (non-hydrogen) atoms. The Bertz CT molecular complexity index is 50.3. The molecule has 0 rings (SSSR count). The predicted octanol–water partition coefficient (Wildman–Crippen LogP) is 1.55. The van der Waals surface area contributed by atoms with Crippen LogP contribution in [0, 0.1) is 5.92 Å². The minimum absolute atomic E-state index is 0.500. The van der Waals surface area contributed by atoms with E-state index in [1.54, 1.807) is 0 Å². The molecule has 0 saturated heterocycles. The Labute approximate surface area is 44.1 Å². The van der Waals surface area contributed by atoms with E-state index in [0.717, 1.165) is 5.92 Å². The van der Waals surface area contributed by atoms with Crippen molar-refractivity contribution in [2.75, 3.05) is 0 Å². The Morgan fingerprint density at radius 3 is 1.43 bits per heavy atom. The Kier molecular flexibility index (Phi) is 12.4. The largest absolute Gasteiger partial charge is 0.724 e. The van der Waals surface area contributed by atoms with Gasteiger partial charge in [-0.05, 0) is 12.0 Å². The van der Waals surface area contributed by atoms with E-state index in [-0.39, 0.29) is 0 Å². The summed E-state index contributed by atoms with van der Waals surface area (Å²) < 4.78 is 0. The number of carbonyl (C=O) groups excluding carboxylic acids is 1. The Morgan fingerprint density at radius 1 is 1.43 bits per heavy atom. The summed E-state index contributed by atoms with van der Waals surface area (Å²) in [6, 6.07) is 0. The van der Waals surface area contributed by atoms with Crippen LogP contribution in [0.5, 0.6) is 0 Å². The van der Waals surface area contributed by atoms with Gasteiger partial charge in [-0.3, -0.25) is 4.79 Å². The Hall–Kier alpha value is -0.620. The standard InChI is InChI=1S/C4H10.CNO/c1-4(2)3;2-1-3/h4H,1-3H3;/q;-1.